The maximum atomic E-state index is 11.7. The second-order valence-corrected chi connectivity index (χ2v) is 4.54. The molecule has 0 saturated carbocycles. The van der Waals surface area contributed by atoms with Crippen molar-refractivity contribution in [2.75, 3.05) is 13.1 Å². The van der Waals surface area contributed by atoms with Crippen LogP contribution in [0.15, 0.2) is 0 Å². The highest BCUT2D eigenvalue weighted by atomic mass is 16.4. The van der Waals surface area contributed by atoms with E-state index in [0.717, 1.165) is 12.8 Å². The van der Waals surface area contributed by atoms with Crippen molar-refractivity contribution < 1.29 is 19.5 Å². The van der Waals surface area contributed by atoms with E-state index in [1.807, 2.05) is 0 Å². The molecule has 1 saturated heterocycles. The van der Waals surface area contributed by atoms with Crippen LogP contribution in [0.3, 0.4) is 0 Å². The summed E-state index contributed by atoms with van der Waals surface area (Å²) in [6.45, 7) is 0.993. The Hall–Kier alpha value is -1.59. The van der Waals surface area contributed by atoms with E-state index in [-0.39, 0.29) is 24.2 Å². The van der Waals surface area contributed by atoms with Crippen molar-refractivity contribution in [3.63, 3.8) is 0 Å². The van der Waals surface area contributed by atoms with Crippen molar-refractivity contribution in [3.05, 3.63) is 0 Å². The second kappa shape index (κ2) is 7.68. The van der Waals surface area contributed by atoms with E-state index in [1.54, 1.807) is 0 Å². The van der Waals surface area contributed by atoms with Crippen molar-refractivity contribution in [3.8, 4) is 0 Å². The highest BCUT2D eigenvalue weighted by molar-refractivity contribution is 5.83. The lowest BCUT2D eigenvalue weighted by Gasteiger charge is -2.21. The molecule has 1 unspecified atom stereocenters. The van der Waals surface area contributed by atoms with Crippen LogP contribution in [0.2, 0.25) is 0 Å². The molecule has 3 N–H and O–H groups in total. The van der Waals surface area contributed by atoms with Crippen molar-refractivity contribution >= 4 is 17.8 Å². The van der Waals surface area contributed by atoms with Gasteiger partial charge in [-0.2, -0.15) is 0 Å². The van der Waals surface area contributed by atoms with Crippen LogP contribution in [0.4, 0.5) is 0 Å². The van der Waals surface area contributed by atoms with Crippen molar-refractivity contribution in [2.45, 2.75) is 38.5 Å². The molecule has 0 bridgehead atoms. The Kier molecular flexibility index (Phi) is 6.18. The van der Waals surface area contributed by atoms with Crippen LogP contribution < -0.4 is 10.6 Å². The SMILES string of the molecule is O=C(O)CCCCCNC(=O)C1CCC(=O)NC1. The molecule has 1 heterocycles. The fraction of sp³-hybridized carbons (Fsp3) is 0.750. The predicted octanol–water partition coefficient (Wildman–Crippen LogP) is 0.274. The number of nitrogens with one attached hydrogen (secondary N) is 2. The topological polar surface area (TPSA) is 95.5 Å². The molecule has 0 aromatic heterocycles. The van der Waals surface area contributed by atoms with Crippen molar-refractivity contribution in [2.24, 2.45) is 5.92 Å². The summed E-state index contributed by atoms with van der Waals surface area (Å²) in [6.07, 6.45) is 3.44. The second-order valence-electron chi connectivity index (χ2n) is 4.54. The van der Waals surface area contributed by atoms with E-state index < -0.39 is 5.97 Å². The number of piperidine rings is 1. The van der Waals surface area contributed by atoms with Gasteiger partial charge in [-0.1, -0.05) is 6.42 Å². The molecule has 2 amide bonds. The lowest BCUT2D eigenvalue weighted by atomic mass is 9.98. The molecule has 102 valence electrons. The van der Waals surface area contributed by atoms with Crippen LogP contribution >= 0.6 is 0 Å². The number of hydrogen-bond donors (Lipinski definition) is 3. The van der Waals surface area contributed by atoms with Crippen molar-refractivity contribution in [1.82, 2.24) is 10.6 Å². The molecule has 1 atom stereocenters. The third-order valence-corrected chi connectivity index (χ3v) is 3.00. The number of hydrogen-bond acceptors (Lipinski definition) is 3. The lowest BCUT2D eigenvalue weighted by Crippen LogP contribution is -2.43. The summed E-state index contributed by atoms with van der Waals surface area (Å²) >= 11 is 0. The van der Waals surface area contributed by atoms with Gasteiger partial charge in [0, 0.05) is 25.9 Å². The maximum absolute atomic E-state index is 11.7. The summed E-state index contributed by atoms with van der Waals surface area (Å²) in [7, 11) is 0. The van der Waals surface area contributed by atoms with E-state index in [9.17, 15) is 14.4 Å². The monoisotopic (exact) mass is 256 g/mol. The largest absolute Gasteiger partial charge is 0.481 e. The first-order chi connectivity index (χ1) is 8.59. The van der Waals surface area contributed by atoms with E-state index in [1.165, 1.54) is 0 Å². The van der Waals surface area contributed by atoms with Gasteiger partial charge in [0.1, 0.15) is 0 Å². The van der Waals surface area contributed by atoms with Crippen LogP contribution in [-0.4, -0.2) is 36.0 Å². The Morgan fingerprint density at radius 1 is 1.33 bits per heavy atom. The molecule has 6 nitrogen and oxygen atoms in total. The third kappa shape index (κ3) is 5.65. The Morgan fingerprint density at radius 2 is 2.11 bits per heavy atom. The van der Waals surface area contributed by atoms with Crippen LogP contribution in [-0.2, 0) is 14.4 Å². The van der Waals surface area contributed by atoms with Crippen LogP contribution in [0.5, 0.6) is 0 Å². The van der Waals surface area contributed by atoms with Gasteiger partial charge in [0.05, 0.1) is 5.92 Å². The van der Waals surface area contributed by atoms with Gasteiger partial charge in [-0.3, -0.25) is 14.4 Å². The molecule has 1 rings (SSSR count). The highest BCUT2D eigenvalue weighted by Gasteiger charge is 2.23. The van der Waals surface area contributed by atoms with Crippen LogP contribution in [0, 0.1) is 5.92 Å². The maximum Gasteiger partial charge on any atom is 0.303 e. The van der Waals surface area contributed by atoms with Crippen LogP contribution in [0.25, 0.3) is 0 Å². The molecule has 1 aliphatic heterocycles. The molecule has 0 spiro atoms. The van der Waals surface area contributed by atoms with Gasteiger partial charge in [0.2, 0.25) is 11.8 Å². The minimum absolute atomic E-state index is 0.00715. The number of carbonyl (C=O) groups excluding carboxylic acids is 2. The molecule has 18 heavy (non-hydrogen) atoms. The van der Waals surface area contributed by atoms with Gasteiger partial charge in [-0.15, -0.1) is 0 Å². The summed E-state index contributed by atoms with van der Waals surface area (Å²) in [5, 5.41) is 13.9. The van der Waals surface area contributed by atoms with E-state index in [2.05, 4.69) is 10.6 Å². The summed E-state index contributed by atoms with van der Waals surface area (Å²) in [5.74, 6) is -0.917. The first kappa shape index (κ1) is 14.5. The summed E-state index contributed by atoms with van der Waals surface area (Å²) in [5.41, 5.74) is 0. The number of unbranched alkanes of at least 4 members (excludes halogenated alkanes) is 2. The fourth-order valence-electron chi connectivity index (χ4n) is 1.89. The molecule has 1 aliphatic rings. The van der Waals surface area contributed by atoms with Gasteiger partial charge in [0.15, 0.2) is 0 Å². The first-order valence-corrected chi connectivity index (χ1v) is 6.36. The zero-order valence-electron chi connectivity index (χ0n) is 10.4. The van der Waals surface area contributed by atoms with Gasteiger partial charge in [-0.05, 0) is 19.3 Å². The zero-order chi connectivity index (χ0) is 13.4. The lowest BCUT2D eigenvalue weighted by molar-refractivity contribution is -0.137. The molecule has 0 radical (unpaired) electrons. The van der Waals surface area contributed by atoms with Gasteiger partial charge < -0.3 is 15.7 Å². The molecule has 1 fully saturated rings. The Balaban J connectivity index is 2.03. The Bertz CT molecular complexity index is 307. The molecular formula is C12H20N2O4. The number of rotatable bonds is 7. The number of aliphatic carboxylic acids is 1. The Labute approximate surface area is 106 Å². The normalized spacial score (nSPS) is 19.1. The Morgan fingerprint density at radius 3 is 2.72 bits per heavy atom. The highest BCUT2D eigenvalue weighted by Crippen LogP contribution is 2.10. The summed E-state index contributed by atoms with van der Waals surface area (Å²) in [6, 6.07) is 0. The standard InChI is InChI=1S/C12H20N2O4/c15-10-6-5-9(8-14-10)12(18)13-7-3-1-2-4-11(16)17/h9H,1-8H2,(H,13,18)(H,14,15)(H,16,17). The predicted molar refractivity (Wildman–Crippen MR) is 64.8 cm³/mol. The van der Waals surface area contributed by atoms with Gasteiger partial charge in [-0.25, -0.2) is 0 Å². The van der Waals surface area contributed by atoms with E-state index >= 15 is 0 Å². The van der Waals surface area contributed by atoms with Crippen molar-refractivity contribution in [1.29, 1.82) is 0 Å². The smallest absolute Gasteiger partial charge is 0.303 e. The zero-order valence-corrected chi connectivity index (χ0v) is 10.4. The molecular weight excluding hydrogens is 236 g/mol. The van der Waals surface area contributed by atoms with E-state index in [4.69, 9.17) is 5.11 Å². The van der Waals surface area contributed by atoms with Gasteiger partial charge in [0.25, 0.3) is 0 Å². The quantitative estimate of drug-likeness (QED) is 0.570. The summed E-state index contributed by atoms with van der Waals surface area (Å²) in [4.78, 5) is 32.9. The summed E-state index contributed by atoms with van der Waals surface area (Å²) < 4.78 is 0. The first-order valence-electron chi connectivity index (χ1n) is 6.36. The number of amides is 2. The number of carboxylic acids is 1. The average molecular weight is 256 g/mol. The third-order valence-electron chi connectivity index (χ3n) is 3.00. The van der Waals surface area contributed by atoms with Crippen LogP contribution in [0.1, 0.15) is 38.5 Å². The molecule has 0 aromatic rings. The number of carbonyl (C=O) groups is 3. The fourth-order valence-corrected chi connectivity index (χ4v) is 1.89. The minimum atomic E-state index is -0.781. The average Bonchev–Trinajstić information content (AvgIpc) is 2.34. The van der Waals surface area contributed by atoms with E-state index in [0.29, 0.717) is 32.4 Å². The minimum Gasteiger partial charge on any atom is -0.481 e. The molecule has 0 aliphatic carbocycles. The van der Waals surface area contributed by atoms with Gasteiger partial charge >= 0.3 is 5.97 Å². The molecule has 6 heteroatoms. The number of carboxylic acid groups (broad SMARTS) is 1. The molecule has 0 aromatic carbocycles.